The van der Waals surface area contributed by atoms with Gasteiger partial charge in [-0.25, -0.2) is 0 Å². The summed E-state index contributed by atoms with van der Waals surface area (Å²) >= 11 is 1.32. The van der Waals surface area contributed by atoms with E-state index in [2.05, 4.69) is 15.5 Å². The fourth-order valence-corrected chi connectivity index (χ4v) is 2.81. The Morgan fingerprint density at radius 1 is 1.43 bits per heavy atom. The van der Waals surface area contributed by atoms with E-state index in [-0.39, 0.29) is 6.16 Å². The molecule has 0 saturated heterocycles. The molecule has 0 radical (unpaired) electrons. The normalized spacial score (nSPS) is 11.6. The molecule has 0 bridgehead atoms. The Morgan fingerprint density at radius 3 is 2.50 bits per heavy atom. The van der Waals surface area contributed by atoms with Gasteiger partial charge < -0.3 is 14.4 Å². The van der Waals surface area contributed by atoms with Crippen molar-refractivity contribution in [2.24, 2.45) is 0 Å². The van der Waals surface area contributed by atoms with Crippen molar-refractivity contribution < 1.29 is 13.6 Å². The molecule has 80 valence electrons. The number of aromatic nitrogens is 2. The van der Waals surface area contributed by atoms with Crippen LogP contribution >= 0.6 is 18.9 Å². The van der Waals surface area contributed by atoms with Gasteiger partial charge in [0.05, 0.1) is 0 Å². The minimum Gasteiger partial charge on any atom is -0.363 e. The lowest BCUT2D eigenvalue weighted by Crippen LogP contribution is -1.92. The zero-order valence-electron chi connectivity index (χ0n) is 8.18. The van der Waals surface area contributed by atoms with E-state index in [0.717, 1.165) is 0 Å². The summed E-state index contributed by atoms with van der Waals surface area (Å²) in [4.78, 5) is 0. The predicted molar refractivity (Wildman–Crippen MR) is 54.8 cm³/mol. The molecule has 1 aromatic heterocycles. The topological polar surface area (TPSA) is 73.3 Å². The lowest BCUT2D eigenvalue weighted by Gasteiger charge is -2.10. The molecular weight excluding hydrogens is 225 g/mol. The Bertz CT molecular complexity index is 335. The summed E-state index contributed by atoms with van der Waals surface area (Å²) < 4.78 is 21.3. The maximum absolute atomic E-state index is 11.7. The van der Waals surface area contributed by atoms with Crippen molar-refractivity contribution in [3.63, 3.8) is 0 Å². The first-order chi connectivity index (χ1) is 6.63. The fraction of sp³-hybridized carbons (Fsp3) is 0.667. The number of hydrogen-bond donors (Lipinski definition) is 1. The molecule has 0 aromatic carbocycles. The SMILES string of the molecule is CNc1nnc(CP(=O)(OC)OC)s1. The van der Waals surface area contributed by atoms with Gasteiger partial charge in [-0.05, 0) is 0 Å². The summed E-state index contributed by atoms with van der Waals surface area (Å²) in [5.74, 6) is 0. The van der Waals surface area contributed by atoms with E-state index in [0.29, 0.717) is 10.1 Å². The van der Waals surface area contributed by atoms with Crippen LogP contribution < -0.4 is 5.32 Å². The van der Waals surface area contributed by atoms with Crippen LogP contribution in [-0.2, 0) is 19.8 Å². The van der Waals surface area contributed by atoms with E-state index in [1.807, 2.05) is 0 Å². The Hall–Kier alpha value is -0.490. The molecule has 0 fully saturated rings. The second-order valence-electron chi connectivity index (χ2n) is 2.39. The van der Waals surface area contributed by atoms with E-state index in [9.17, 15) is 4.57 Å². The first kappa shape index (κ1) is 11.6. The molecule has 1 N–H and O–H groups in total. The highest BCUT2D eigenvalue weighted by atomic mass is 32.1. The van der Waals surface area contributed by atoms with E-state index in [4.69, 9.17) is 9.05 Å². The van der Waals surface area contributed by atoms with E-state index in [1.165, 1.54) is 25.6 Å². The molecule has 0 aliphatic heterocycles. The molecule has 0 spiro atoms. The smallest absolute Gasteiger partial charge is 0.337 e. The standard InChI is InChI=1S/C6H12N3O3PS/c1-7-6-9-8-5(14-6)4-13(10,11-2)12-3/h4H2,1-3H3,(H,7,9). The highest BCUT2D eigenvalue weighted by Crippen LogP contribution is 2.50. The zero-order chi connectivity index (χ0) is 10.6. The minimum absolute atomic E-state index is 0.152. The van der Waals surface area contributed by atoms with Crippen LogP contribution in [0.25, 0.3) is 0 Å². The molecule has 0 unspecified atom stereocenters. The third-order valence-corrected chi connectivity index (χ3v) is 4.52. The van der Waals surface area contributed by atoms with Gasteiger partial charge in [0.2, 0.25) is 5.13 Å². The van der Waals surface area contributed by atoms with Gasteiger partial charge in [0.25, 0.3) is 0 Å². The van der Waals surface area contributed by atoms with Crippen molar-refractivity contribution >= 4 is 24.1 Å². The lowest BCUT2D eigenvalue weighted by molar-refractivity contribution is 0.274. The van der Waals surface area contributed by atoms with Gasteiger partial charge in [0, 0.05) is 21.3 Å². The largest absolute Gasteiger partial charge is 0.363 e. The predicted octanol–water partition coefficient (Wildman–Crippen LogP) is 1.57. The monoisotopic (exact) mass is 237 g/mol. The third kappa shape index (κ3) is 2.75. The van der Waals surface area contributed by atoms with E-state index in [1.54, 1.807) is 7.05 Å². The molecule has 14 heavy (non-hydrogen) atoms. The molecule has 0 atom stereocenters. The van der Waals surface area contributed by atoms with Gasteiger partial charge in [-0.15, -0.1) is 10.2 Å². The second kappa shape index (κ2) is 4.84. The number of anilines is 1. The van der Waals surface area contributed by atoms with Crippen LogP contribution in [0, 0.1) is 0 Å². The van der Waals surface area contributed by atoms with Gasteiger partial charge >= 0.3 is 7.60 Å². The Labute approximate surface area is 86.2 Å². The Morgan fingerprint density at radius 2 is 2.07 bits per heavy atom. The van der Waals surface area contributed by atoms with Gasteiger partial charge in [0.15, 0.2) is 0 Å². The molecule has 1 heterocycles. The Balaban J connectivity index is 2.72. The van der Waals surface area contributed by atoms with Crippen LogP contribution in [0.15, 0.2) is 0 Å². The maximum Gasteiger partial charge on any atom is 0.337 e. The highest BCUT2D eigenvalue weighted by molar-refractivity contribution is 7.53. The van der Waals surface area contributed by atoms with E-state index < -0.39 is 7.60 Å². The van der Waals surface area contributed by atoms with Crippen molar-refractivity contribution in [1.82, 2.24) is 10.2 Å². The van der Waals surface area contributed by atoms with Crippen LogP contribution in [0.4, 0.5) is 5.13 Å². The molecule has 1 rings (SSSR count). The molecule has 0 aliphatic rings. The molecular formula is C6H12N3O3PS. The summed E-state index contributed by atoms with van der Waals surface area (Å²) in [5.41, 5.74) is 0. The summed E-state index contributed by atoms with van der Waals surface area (Å²) in [7, 11) is 1.43. The third-order valence-electron chi connectivity index (χ3n) is 1.57. The molecule has 0 saturated carbocycles. The van der Waals surface area contributed by atoms with E-state index >= 15 is 0 Å². The molecule has 1 aromatic rings. The lowest BCUT2D eigenvalue weighted by atomic mass is 10.9. The number of hydrogen-bond acceptors (Lipinski definition) is 7. The quantitative estimate of drug-likeness (QED) is 0.783. The van der Waals surface area contributed by atoms with Crippen LogP contribution in [-0.4, -0.2) is 31.5 Å². The van der Waals surface area contributed by atoms with Crippen LogP contribution in [0.1, 0.15) is 5.01 Å². The fourth-order valence-electron chi connectivity index (χ4n) is 0.788. The van der Waals surface area contributed by atoms with Crippen molar-refractivity contribution in [3.05, 3.63) is 5.01 Å². The minimum atomic E-state index is -3.02. The molecule has 8 heteroatoms. The second-order valence-corrected chi connectivity index (χ2v) is 5.72. The molecule has 0 amide bonds. The summed E-state index contributed by atoms with van der Waals surface area (Å²) in [6.45, 7) is 0. The number of nitrogens with one attached hydrogen (secondary N) is 1. The number of nitrogens with zero attached hydrogens (tertiary/aromatic N) is 2. The summed E-state index contributed by atoms with van der Waals surface area (Å²) in [5, 5.41) is 11.8. The maximum atomic E-state index is 11.7. The molecule has 0 aliphatic carbocycles. The van der Waals surface area contributed by atoms with Crippen molar-refractivity contribution in [2.45, 2.75) is 6.16 Å². The summed E-state index contributed by atoms with van der Waals surface area (Å²) in [6.07, 6.45) is 0.152. The van der Waals surface area contributed by atoms with Crippen molar-refractivity contribution in [1.29, 1.82) is 0 Å². The Kier molecular flexibility index (Phi) is 4.00. The summed E-state index contributed by atoms with van der Waals surface area (Å²) in [6, 6.07) is 0. The van der Waals surface area contributed by atoms with Crippen LogP contribution in [0.3, 0.4) is 0 Å². The zero-order valence-corrected chi connectivity index (χ0v) is 9.89. The number of rotatable bonds is 5. The van der Waals surface area contributed by atoms with Gasteiger partial charge in [-0.2, -0.15) is 0 Å². The van der Waals surface area contributed by atoms with Crippen molar-refractivity contribution in [2.75, 3.05) is 26.6 Å². The van der Waals surface area contributed by atoms with Gasteiger partial charge in [-0.1, -0.05) is 11.3 Å². The van der Waals surface area contributed by atoms with Gasteiger partial charge in [-0.3, -0.25) is 4.57 Å². The van der Waals surface area contributed by atoms with Crippen LogP contribution in [0.5, 0.6) is 0 Å². The van der Waals surface area contributed by atoms with Crippen LogP contribution in [0.2, 0.25) is 0 Å². The van der Waals surface area contributed by atoms with Crippen molar-refractivity contribution in [3.8, 4) is 0 Å². The average molecular weight is 237 g/mol. The first-order valence-corrected chi connectivity index (χ1v) is 6.38. The molecule has 6 nitrogen and oxygen atoms in total. The first-order valence-electron chi connectivity index (χ1n) is 3.84. The highest BCUT2D eigenvalue weighted by Gasteiger charge is 2.24. The van der Waals surface area contributed by atoms with Gasteiger partial charge in [0.1, 0.15) is 11.2 Å². The average Bonchev–Trinajstić information content (AvgIpc) is 2.65.